The van der Waals surface area contributed by atoms with Gasteiger partial charge in [-0.15, -0.1) is 0 Å². The van der Waals surface area contributed by atoms with E-state index in [2.05, 4.69) is 17.3 Å². The summed E-state index contributed by atoms with van der Waals surface area (Å²) in [6, 6.07) is 0.866. The number of carbonyl (C=O) groups excluding carboxylic acids is 2. The van der Waals surface area contributed by atoms with Crippen LogP contribution in [0.1, 0.15) is 63.6 Å². The first-order valence-electron chi connectivity index (χ1n) is 11.9. The highest BCUT2D eigenvalue weighted by atomic mass is 19.2. The maximum atomic E-state index is 13.7. The molecule has 3 fully saturated rings. The molecule has 7 nitrogen and oxygen atoms in total. The standard InChI is InChI=1S/C24H26F3N5O2/c1-24-7-3-4-13(24)8-21(33)31(24)19-11-28-32-18-6-2-5-17(18)30(12-20(19)32)23(34)29-14-9-15(25)22(27)16(26)10-14/h9-11,13,17-18H,2-8,12H2,1H3,(H,29,34)/t13-,17-,18+,24-/m0/s1. The molecule has 4 aliphatic rings. The quantitative estimate of drug-likeness (QED) is 0.641. The first-order valence-corrected chi connectivity index (χ1v) is 11.9. The van der Waals surface area contributed by atoms with Crippen molar-refractivity contribution in [3.63, 3.8) is 0 Å². The molecule has 2 aliphatic heterocycles. The maximum Gasteiger partial charge on any atom is 0.322 e. The molecule has 4 atom stereocenters. The van der Waals surface area contributed by atoms with E-state index in [1.54, 1.807) is 11.1 Å². The van der Waals surface area contributed by atoms with Gasteiger partial charge >= 0.3 is 6.03 Å². The number of nitrogens with one attached hydrogen (secondary N) is 1. The number of anilines is 2. The summed E-state index contributed by atoms with van der Waals surface area (Å²) in [5.74, 6) is -3.89. The molecule has 10 heteroatoms. The topological polar surface area (TPSA) is 70.5 Å². The average molecular weight is 473 g/mol. The van der Waals surface area contributed by atoms with Crippen LogP contribution in [0.4, 0.5) is 29.3 Å². The molecule has 6 rings (SSSR count). The van der Waals surface area contributed by atoms with Gasteiger partial charge in [0.15, 0.2) is 17.5 Å². The number of carbonyl (C=O) groups is 2. The molecule has 1 aromatic heterocycles. The van der Waals surface area contributed by atoms with Gasteiger partial charge in [0, 0.05) is 29.8 Å². The largest absolute Gasteiger partial charge is 0.322 e. The van der Waals surface area contributed by atoms with Crippen molar-refractivity contribution in [1.29, 1.82) is 0 Å². The Hall–Kier alpha value is -3.04. The lowest BCUT2D eigenvalue weighted by molar-refractivity contribution is -0.117. The van der Waals surface area contributed by atoms with Gasteiger partial charge in [0.05, 0.1) is 36.2 Å². The van der Waals surface area contributed by atoms with E-state index in [0.717, 1.165) is 62.0 Å². The lowest BCUT2D eigenvalue weighted by Crippen LogP contribution is -2.50. The third-order valence-corrected chi connectivity index (χ3v) is 8.39. The van der Waals surface area contributed by atoms with Gasteiger partial charge in [-0.1, -0.05) is 6.42 Å². The van der Waals surface area contributed by atoms with Crippen molar-refractivity contribution < 1.29 is 22.8 Å². The van der Waals surface area contributed by atoms with Gasteiger partial charge in [0.25, 0.3) is 0 Å². The molecule has 2 aliphatic carbocycles. The summed E-state index contributed by atoms with van der Waals surface area (Å²) in [6.45, 7) is 2.36. The van der Waals surface area contributed by atoms with E-state index < -0.39 is 23.5 Å². The zero-order chi connectivity index (χ0) is 23.8. The van der Waals surface area contributed by atoms with Crippen LogP contribution in [0.25, 0.3) is 0 Å². The van der Waals surface area contributed by atoms with Crippen LogP contribution >= 0.6 is 0 Å². The lowest BCUT2D eigenvalue weighted by Gasteiger charge is -2.40. The summed E-state index contributed by atoms with van der Waals surface area (Å²) in [5.41, 5.74) is 1.16. The van der Waals surface area contributed by atoms with E-state index in [9.17, 15) is 22.8 Å². The van der Waals surface area contributed by atoms with Crippen LogP contribution in [0, 0.1) is 23.4 Å². The summed E-state index contributed by atoms with van der Waals surface area (Å²) in [5, 5.41) is 7.19. The zero-order valence-electron chi connectivity index (χ0n) is 18.9. The Morgan fingerprint density at radius 1 is 1.12 bits per heavy atom. The van der Waals surface area contributed by atoms with E-state index >= 15 is 0 Å². The Kier molecular flexibility index (Phi) is 4.73. The lowest BCUT2D eigenvalue weighted by atomic mass is 9.90. The number of hydrogen-bond acceptors (Lipinski definition) is 3. The molecule has 1 aromatic carbocycles. The molecule has 1 N–H and O–H groups in total. The van der Waals surface area contributed by atoms with Gasteiger partial charge < -0.3 is 15.1 Å². The van der Waals surface area contributed by atoms with Crippen LogP contribution < -0.4 is 10.2 Å². The normalized spacial score (nSPS) is 29.9. The highest BCUT2D eigenvalue weighted by molar-refractivity contribution is 5.98. The van der Waals surface area contributed by atoms with E-state index in [1.807, 2.05) is 9.58 Å². The summed E-state index contributed by atoms with van der Waals surface area (Å²) in [6.07, 6.45) is 7.86. The van der Waals surface area contributed by atoms with Gasteiger partial charge in [0.2, 0.25) is 5.91 Å². The monoisotopic (exact) mass is 473 g/mol. The molecule has 34 heavy (non-hydrogen) atoms. The number of amides is 3. The van der Waals surface area contributed by atoms with Crippen molar-refractivity contribution in [1.82, 2.24) is 14.7 Å². The summed E-state index contributed by atoms with van der Waals surface area (Å²) in [4.78, 5) is 29.9. The number of nitrogens with zero attached hydrogens (tertiary/aromatic N) is 4. The second-order valence-corrected chi connectivity index (χ2v) is 10.2. The average Bonchev–Trinajstić information content (AvgIpc) is 3.54. The van der Waals surface area contributed by atoms with Crippen LogP contribution in [0.3, 0.4) is 0 Å². The fraction of sp³-hybridized carbons (Fsp3) is 0.542. The fourth-order valence-corrected chi connectivity index (χ4v) is 6.73. The molecule has 0 spiro atoms. The zero-order valence-corrected chi connectivity index (χ0v) is 18.9. The highest BCUT2D eigenvalue weighted by Gasteiger charge is 2.54. The van der Waals surface area contributed by atoms with Crippen molar-refractivity contribution in [2.24, 2.45) is 5.92 Å². The molecular formula is C24H26F3N5O2. The molecule has 2 aromatic rings. The van der Waals surface area contributed by atoms with Crippen molar-refractivity contribution in [2.75, 3.05) is 10.2 Å². The SMILES string of the molecule is C[C@]12CCC[C@H]1CC(=O)N2c1cnn2c1CN(C(=O)Nc1cc(F)c(F)c(F)c1)[C@H]1CCC[C@H]12. The second kappa shape index (κ2) is 7.48. The number of halogens is 3. The van der Waals surface area contributed by atoms with Gasteiger partial charge in [-0.2, -0.15) is 5.10 Å². The first kappa shape index (κ1) is 21.5. The number of hydrogen-bond donors (Lipinski definition) is 1. The minimum Gasteiger partial charge on any atom is -0.313 e. The molecule has 2 saturated carbocycles. The smallest absolute Gasteiger partial charge is 0.313 e. The second-order valence-electron chi connectivity index (χ2n) is 10.2. The molecule has 180 valence electrons. The molecular weight excluding hydrogens is 447 g/mol. The van der Waals surface area contributed by atoms with Gasteiger partial charge in [-0.25, -0.2) is 18.0 Å². The Morgan fingerprint density at radius 2 is 1.85 bits per heavy atom. The predicted octanol–water partition coefficient (Wildman–Crippen LogP) is 4.74. The highest BCUT2D eigenvalue weighted by Crippen LogP contribution is 2.51. The molecule has 0 bridgehead atoms. The van der Waals surface area contributed by atoms with Gasteiger partial charge in [0.1, 0.15) is 0 Å². The minimum atomic E-state index is -1.57. The van der Waals surface area contributed by atoms with E-state index in [4.69, 9.17) is 0 Å². The predicted molar refractivity (Wildman–Crippen MR) is 118 cm³/mol. The van der Waals surface area contributed by atoms with Crippen LogP contribution in [-0.4, -0.2) is 38.2 Å². The van der Waals surface area contributed by atoms with E-state index in [1.165, 1.54) is 0 Å². The molecule has 0 radical (unpaired) electrons. The van der Waals surface area contributed by atoms with Gasteiger partial charge in [-0.05, 0) is 44.9 Å². The molecule has 3 amide bonds. The van der Waals surface area contributed by atoms with Crippen LogP contribution in [-0.2, 0) is 11.3 Å². The summed E-state index contributed by atoms with van der Waals surface area (Å²) in [7, 11) is 0. The fourth-order valence-electron chi connectivity index (χ4n) is 6.73. The van der Waals surface area contributed by atoms with Gasteiger partial charge in [-0.3, -0.25) is 9.48 Å². The Morgan fingerprint density at radius 3 is 2.62 bits per heavy atom. The minimum absolute atomic E-state index is 0.0326. The number of aromatic nitrogens is 2. The summed E-state index contributed by atoms with van der Waals surface area (Å²) < 4.78 is 42.7. The first-order chi connectivity index (χ1) is 16.3. The van der Waals surface area contributed by atoms with Crippen LogP contribution in [0.5, 0.6) is 0 Å². The Balaban J connectivity index is 1.34. The molecule has 0 unspecified atom stereocenters. The van der Waals surface area contributed by atoms with Crippen molar-refractivity contribution in [2.45, 2.75) is 76.0 Å². The number of benzene rings is 1. The van der Waals surface area contributed by atoms with Crippen molar-refractivity contribution in [3.05, 3.63) is 41.5 Å². The van der Waals surface area contributed by atoms with Crippen LogP contribution in [0.2, 0.25) is 0 Å². The Bertz CT molecular complexity index is 1180. The van der Waals surface area contributed by atoms with Crippen LogP contribution in [0.15, 0.2) is 18.3 Å². The Labute approximate surface area is 194 Å². The third-order valence-electron chi connectivity index (χ3n) is 8.39. The number of fused-ring (bicyclic) bond motifs is 4. The third kappa shape index (κ3) is 2.99. The van der Waals surface area contributed by atoms with Crippen molar-refractivity contribution in [3.8, 4) is 0 Å². The molecule has 1 saturated heterocycles. The number of rotatable bonds is 2. The maximum absolute atomic E-state index is 13.7. The van der Waals surface area contributed by atoms with Crippen molar-refractivity contribution >= 4 is 23.3 Å². The number of urea groups is 1. The molecule has 3 heterocycles. The van der Waals surface area contributed by atoms with E-state index in [-0.39, 0.29) is 35.8 Å². The van der Waals surface area contributed by atoms with E-state index in [0.29, 0.717) is 12.3 Å². The summed E-state index contributed by atoms with van der Waals surface area (Å²) >= 11 is 0.